The van der Waals surface area contributed by atoms with Crippen LogP contribution in [0.5, 0.6) is 0 Å². The summed E-state index contributed by atoms with van der Waals surface area (Å²) in [6.45, 7) is 4.38. The number of nitrogens with one attached hydrogen (secondary N) is 1. The molecule has 0 aliphatic rings. The Labute approximate surface area is 135 Å². The van der Waals surface area contributed by atoms with Crippen LogP contribution in [0, 0.1) is 6.92 Å². The number of carbonyl (C=O) groups excluding carboxylic acids is 1. The van der Waals surface area contributed by atoms with Crippen molar-refractivity contribution >= 4 is 21.7 Å². The van der Waals surface area contributed by atoms with E-state index in [0.717, 1.165) is 6.42 Å². The molecule has 7 nitrogen and oxygen atoms in total. The second-order valence-electron chi connectivity index (χ2n) is 5.07. The minimum absolute atomic E-state index is 0.0311. The van der Waals surface area contributed by atoms with Gasteiger partial charge in [-0.2, -0.15) is 5.10 Å². The van der Waals surface area contributed by atoms with E-state index in [9.17, 15) is 13.2 Å². The summed E-state index contributed by atoms with van der Waals surface area (Å²) >= 11 is 0. The summed E-state index contributed by atoms with van der Waals surface area (Å²) in [5, 5.41) is 4.08. The molecule has 0 unspecified atom stereocenters. The predicted molar refractivity (Wildman–Crippen MR) is 85.8 cm³/mol. The Kier molecular flexibility index (Phi) is 5.05. The Bertz CT molecular complexity index is 812. The van der Waals surface area contributed by atoms with E-state index < -0.39 is 16.0 Å². The highest BCUT2D eigenvalue weighted by atomic mass is 32.2. The fourth-order valence-electron chi connectivity index (χ4n) is 2.11. The predicted octanol–water partition coefficient (Wildman–Crippen LogP) is 2.19. The van der Waals surface area contributed by atoms with Crippen molar-refractivity contribution in [1.82, 2.24) is 9.78 Å². The Morgan fingerprint density at radius 3 is 2.78 bits per heavy atom. The lowest BCUT2D eigenvalue weighted by atomic mass is 10.1. The normalized spacial score (nSPS) is 11.3. The zero-order chi connectivity index (χ0) is 17.0. The first-order valence-electron chi connectivity index (χ1n) is 7.11. The summed E-state index contributed by atoms with van der Waals surface area (Å²) in [6.07, 6.45) is 3.97. The van der Waals surface area contributed by atoms with Gasteiger partial charge >= 0.3 is 5.97 Å². The molecular weight excluding hydrogens is 318 g/mol. The minimum atomic E-state index is -3.82. The van der Waals surface area contributed by atoms with Crippen LogP contribution in [0.1, 0.15) is 29.3 Å². The molecule has 0 fully saturated rings. The molecule has 0 aliphatic heterocycles. The number of benzene rings is 1. The number of sulfonamides is 1. The lowest BCUT2D eigenvalue weighted by Gasteiger charge is -2.10. The van der Waals surface area contributed by atoms with Gasteiger partial charge in [-0.05, 0) is 31.0 Å². The topological polar surface area (TPSA) is 90.3 Å². The summed E-state index contributed by atoms with van der Waals surface area (Å²) in [7, 11) is -2.57. The van der Waals surface area contributed by atoms with E-state index >= 15 is 0 Å². The highest BCUT2D eigenvalue weighted by Gasteiger charge is 2.20. The van der Waals surface area contributed by atoms with Gasteiger partial charge < -0.3 is 4.74 Å². The zero-order valence-electron chi connectivity index (χ0n) is 13.2. The van der Waals surface area contributed by atoms with E-state index in [2.05, 4.69) is 14.6 Å². The van der Waals surface area contributed by atoms with E-state index in [-0.39, 0.29) is 10.5 Å². The summed E-state index contributed by atoms with van der Waals surface area (Å²) < 4.78 is 33.9. The molecule has 8 heteroatoms. The van der Waals surface area contributed by atoms with Crippen molar-refractivity contribution in [2.45, 2.75) is 31.7 Å². The number of methoxy groups -OCH3 is 1. The summed E-state index contributed by atoms with van der Waals surface area (Å²) in [5.74, 6) is -0.586. The first-order chi connectivity index (χ1) is 10.9. The smallest absolute Gasteiger partial charge is 0.337 e. The maximum Gasteiger partial charge on any atom is 0.337 e. The molecule has 0 bridgehead atoms. The highest BCUT2D eigenvalue weighted by Crippen LogP contribution is 2.21. The van der Waals surface area contributed by atoms with E-state index in [4.69, 9.17) is 0 Å². The van der Waals surface area contributed by atoms with Crippen molar-refractivity contribution in [3.8, 4) is 0 Å². The summed E-state index contributed by atoms with van der Waals surface area (Å²) in [4.78, 5) is 11.6. The average Bonchev–Trinajstić information content (AvgIpc) is 2.93. The second-order valence-corrected chi connectivity index (χ2v) is 6.72. The molecule has 0 atom stereocenters. The fourth-order valence-corrected chi connectivity index (χ4v) is 3.41. The van der Waals surface area contributed by atoms with Crippen LogP contribution in [0.15, 0.2) is 35.5 Å². The van der Waals surface area contributed by atoms with Crippen LogP contribution < -0.4 is 4.72 Å². The Hall–Kier alpha value is -2.35. The fraction of sp³-hybridized carbons (Fsp3) is 0.333. The molecule has 0 saturated heterocycles. The number of hydrogen-bond donors (Lipinski definition) is 1. The molecule has 1 aromatic carbocycles. The van der Waals surface area contributed by atoms with Gasteiger partial charge in [-0.25, -0.2) is 13.2 Å². The van der Waals surface area contributed by atoms with Crippen LogP contribution in [0.2, 0.25) is 0 Å². The summed E-state index contributed by atoms with van der Waals surface area (Å²) in [6, 6.07) is 4.40. The molecule has 124 valence electrons. The van der Waals surface area contributed by atoms with Crippen molar-refractivity contribution < 1.29 is 17.9 Å². The number of anilines is 1. The molecular formula is C15H19N3O4S. The highest BCUT2D eigenvalue weighted by molar-refractivity contribution is 7.92. The zero-order valence-corrected chi connectivity index (χ0v) is 14.1. The molecule has 1 N–H and O–H groups in total. The van der Waals surface area contributed by atoms with Crippen molar-refractivity contribution in [2.75, 3.05) is 11.8 Å². The second kappa shape index (κ2) is 6.82. The Balaban J connectivity index is 2.32. The van der Waals surface area contributed by atoms with E-state index in [1.807, 2.05) is 6.92 Å². The maximum absolute atomic E-state index is 12.6. The SMILES string of the molecule is CCCn1cc(NS(=O)(=O)c2cc(C(=O)OC)ccc2C)cn1. The average molecular weight is 337 g/mol. The molecule has 1 heterocycles. The number of rotatable bonds is 6. The van der Waals surface area contributed by atoms with E-state index in [1.54, 1.807) is 23.9 Å². The molecule has 0 radical (unpaired) electrons. The van der Waals surface area contributed by atoms with Gasteiger partial charge in [0.25, 0.3) is 10.0 Å². The molecule has 0 amide bonds. The third kappa shape index (κ3) is 3.89. The van der Waals surface area contributed by atoms with E-state index in [0.29, 0.717) is 17.8 Å². The van der Waals surface area contributed by atoms with Gasteiger partial charge in [0.1, 0.15) is 0 Å². The Morgan fingerprint density at radius 1 is 1.39 bits per heavy atom. The number of nitrogens with zero attached hydrogens (tertiary/aromatic N) is 2. The van der Waals surface area contributed by atoms with Crippen LogP contribution in [0.3, 0.4) is 0 Å². The third-order valence-electron chi connectivity index (χ3n) is 3.24. The van der Waals surface area contributed by atoms with Crippen LogP contribution in [-0.4, -0.2) is 31.3 Å². The monoisotopic (exact) mass is 337 g/mol. The van der Waals surface area contributed by atoms with Crippen molar-refractivity contribution in [3.05, 3.63) is 41.7 Å². The van der Waals surface area contributed by atoms with Crippen molar-refractivity contribution in [1.29, 1.82) is 0 Å². The number of carbonyl (C=O) groups is 1. The number of esters is 1. The number of aromatic nitrogens is 2. The lowest BCUT2D eigenvalue weighted by molar-refractivity contribution is 0.0600. The maximum atomic E-state index is 12.6. The van der Waals surface area contributed by atoms with Gasteiger partial charge in [-0.15, -0.1) is 0 Å². The standard InChI is InChI=1S/C15H19N3O4S/c1-4-7-18-10-13(9-16-18)17-23(20,21)14-8-12(15(19)22-3)6-5-11(14)2/h5-6,8-10,17H,4,7H2,1-3H3. The lowest BCUT2D eigenvalue weighted by Crippen LogP contribution is -2.15. The largest absolute Gasteiger partial charge is 0.465 e. The molecule has 0 saturated carbocycles. The molecule has 0 spiro atoms. The molecule has 23 heavy (non-hydrogen) atoms. The first kappa shape index (κ1) is 17.0. The van der Waals surface area contributed by atoms with Crippen molar-refractivity contribution in [2.24, 2.45) is 0 Å². The van der Waals surface area contributed by atoms with Gasteiger partial charge in [-0.3, -0.25) is 9.40 Å². The molecule has 2 aromatic rings. The van der Waals surface area contributed by atoms with Crippen molar-refractivity contribution in [3.63, 3.8) is 0 Å². The van der Waals surface area contributed by atoms with Gasteiger partial charge in [0.2, 0.25) is 0 Å². The minimum Gasteiger partial charge on any atom is -0.465 e. The molecule has 1 aromatic heterocycles. The first-order valence-corrected chi connectivity index (χ1v) is 8.60. The van der Waals surface area contributed by atoms with Gasteiger partial charge in [-0.1, -0.05) is 13.0 Å². The van der Waals surface area contributed by atoms with Gasteiger partial charge in [0, 0.05) is 12.7 Å². The van der Waals surface area contributed by atoms with Crippen LogP contribution in [-0.2, 0) is 21.3 Å². The Morgan fingerprint density at radius 2 is 2.13 bits per heavy atom. The van der Waals surface area contributed by atoms with Gasteiger partial charge in [0.05, 0.1) is 29.5 Å². The summed E-state index contributed by atoms with van der Waals surface area (Å²) in [5.41, 5.74) is 1.09. The third-order valence-corrected chi connectivity index (χ3v) is 4.76. The number of ether oxygens (including phenoxy) is 1. The molecule has 2 rings (SSSR count). The van der Waals surface area contributed by atoms with Crippen LogP contribution in [0.4, 0.5) is 5.69 Å². The van der Waals surface area contributed by atoms with Crippen LogP contribution in [0.25, 0.3) is 0 Å². The number of hydrogen-bond acceptors (Lipinski definition) is 5. The van der Waals surface area contributed by atoms with Gasteiger partial charge in [0.15, 0.2) is 0 Å². The quantitative estimate of drug-likeness (QED) is 0.816. The number of aryl methyl sites for hydroxylation is 2. The van der Waals surface area contributed by atoms with Crippen LogP contribution >= 0.6 is 0 Å². The van der Waals surface area contributed by atoms with E-state index in [1.165, 1.54) is 25.4 Å². The molecule has 0 aliphatic carbocycles.